The minimum Gasteiger partial charge on any atom is -0.299 e. The number of rotatable bonds is 2. The summed E-state index contributed by atoms with van der Waals surface area (Å²) in [5, 5.41) is 0. The summed E-state index contributed by atoms with van der Waals surface area (Å²) in [6.45, 7) is 6.30. The molecule has 1 heterocycles. The lowest BCUT2D eigenvalue weighted by atomic mass is 10.0. The number of benzene rings is 2. The van der Waals surface area contributed by atoms with E-state index in [1.54, 1.807) is 18.3 Å². The summed E-state index contributed by atoms with van der Waals surface area (Å²) in [6.07, 6.45) is 3.72. The van der Waals surface area contributed by atoms with Crippen molar-refractivity contribution in [2.45, 2.75) is 20.8 Å². The molecule has 2 nitrogen and oxygen atoms in total. The molecule has 0 aliphatic rings. The van der Waals surface area contributed by atoms with Crippen LogP contribution in [0.2, 0.25) is 0 Å². The first-order valence-electron chi connectivity index (χ1n) is 6.94. The second-order valence-electron chi connectivity index (χ2n) is 5.38. The number of aromatic nitrogens is 2. The molecule has 0 N–H and O–H groups in total. The largest absolute Gasteiger partial charge is 0.299 e. The van der Waals surface area contributed by atoms with Crippen LogP contribution in [0.3, 0.4) is 0 Å². The van der Waals surface area contributed by atoms with Gasteiger partial charge in [0.05, 0.1) is 5.69 Å². The zero-order chi connectivity index (χ0) is 15.0. The topological polar surface area (TPSA) is 17.8 Å². The van der Waals surface area contributed by atoms with Crippen molar-refractivity contribution < 1.29 is 4.39 Å². The van der Waals surface area contributed by atoms with Crippen molar-refractivity contribution in [3.8, 4) is 17.1 Å². The van der Waals surface area contributed by atoms with Crippen LogP contribution in [0.5, 0.6) is 0 Å². The highest BCUT2D eigenvalue weighted by molar-refractivity contribution is 5.61. The van der Waals surface area contributed by atoms with Crippen molar-refractivity contribution in [2.24, 2.45) is 0 Å². The molecule has 0 fully saturated rings. The smallest absolute Gasteiger partial charge is 0.144 e. The molecule has 106 valence electrons. The van der Waals surface area contributed by atoms with E-state index in [9.17, 15) is 4.39 Å². The average Bonchev–Trinajstić information content (AvgIpc) is 2.87. The van der Waals surface area contributed by atoms with Crippen LogP contribution in [-0.4, -0.2) is 9.55 Å². The molecule has 0 saturated carbocycles. The van der Waals surface area contributed by atoms with Gasteiger partial charge in [0.2, 0.25) is 0 Å². The first-order valence-corrected chi connectivity index (χ1v) is 6.94. The number of halogens is 1. The second-order valence-corrected chi connectivity index (χ2v) is 5.38. The summed E-state index contributed by atoms with van der Waals surface area (Å²) in [7, 11) is 0. The van der Waals surface area contributed by atoms with Gasteiger partial charge in [0.15, 0.2) is 0 Å². The SMILES string of the molecule is Cc1cc(C)c(-n2ccnc2-c2ccc(F)cc2)c(C)c1. The minimum absolute atomic E-state index is 0.237. The lowest BCUT2D eigenvalue weighted by Crippen LogP contribution is -2.02. The third-order valence-corrected chi connectivity index (χ3v) is 3.62. The van der Waals surface area contributed by atoms with Crippen molar-refractivity contribution in [3.05, 3.63) is 71.3 Å². The Bertz CT molecular complexity index is 762. The summed E-state index contributed by atoms with van der Waals surface area (Å²) >= 11 is 0. The monoisotopic (exact) mass is 280 g/mol. The van der Waals surface area contributed by atoms with Gasteiger partial charge in [0.1, 0.15) is 11.6 Å². The van der Waals surface area contributed by atoms with Crippen molar-refractivity contribution in [1.29, 1.82) is 0 Å². The van der Waals surface area contributed by atoms with Crippen LogP contribution in [0.15, 0.2) is 48.8 Å². The van der Waals surface area contributed by atoms with Crippen molar-refractivity contribution in [3.63, 3.8) is 0 Å². The van der Waals surface area contributed by atoms with Gasteiger partial charge in [0.25, 0.3) is 0 Å². The fourth-order valence-electron chi connectivity index (χ4n) is 2.85. The Morgan fingerprint density at radius 3 is 2.19 bits per heavy atom. The third kappa shape index (κ3) is 2.47. The fourth-order valence-corrected chi connectivity index (χ4v) is 2.85. The summed E-state index contributed by atoms with van der Waals surface area (Å²) in [5.41, 5.74) is 5.69. The average molecular weight is 280 g/mol. The summed E-state index contributed by atoms with van der Waals surface area (Å²) in [6, 6.07) is 10.8. The molecule has 0 unspecified atom stereocenters. The van der Waals surface area contributed by atoms with Crippen LogP contribution in [0.25, 0.3) is 17.1 Å². The molecule has 0 radical (unpaired) electrons. The zero-order valence-electron chi connectivity index (χ0n) is 12.4. The predicted molar refractivity (Wildman–Crippen MR) is 83.2 cm³/mol. The van der Waals surface area contributed by atoms with Crippen LogP contribution in [0.4, 0.5) is 4.39 Å². The normalized spacial score (nSPS) is 10.9. The molecular formula is C18H17FN2. The molecule has 3 heteroatoms. The molecule has 0 bridgehead atoms. The standard InChI is InChI=1S/C18H17FN2/c1-12-10-13(2)17(14(3)11-12)21-9-8-20-18(21)15-4-6-16(19)7-5-15/h4-11H,1-3H3. The van der Waals surface area contributed by atoms with Gasteiger partial charge in [0, 0.05) is 18.0 Å². The van der Waals surface area contributed by atoms with Crippen LogP contribution in [0, 0.1) is 26.6 Å². The Morgan fingerprint density at radius 1 is 0.952 bits per heavy atom. The number of aryl methyl sites for hydroxylation is 3. The van der Waals surface area contributed by atoms with Gasteiger partial charge in [-0.05, 0) is 56.2 Å². The van der Waals surface area contributed by atoms with Gasteiger partial charge in [-0.2, -0.15) is 0 Å². The molecule has 2 aromatic carbocycles. The lowest BCUT2D eigenvalue weighted by Gasteiger charge is -2.15. The van der Waals surface area contributed by atoms with E-state index in [1.807, 2.05) is 6.20 Å². The Morgan fingerprint density at radius 2 is 1.57 bits per heavy atom. The van der Waals surface area contributed by atoms with Gasteiger partial charge < -0.3 is 0 Å². The van der Waals surface area contributed by atoms with E-state index in [1.165, 1.54) is 28.8 Å². The highest BCUT2D eigenvalue weighted by atomic mass is 19.1. The van der Waals surface area contributed by atoms with Crippen LogP contribution >= 0.6 is 0 Å². The highest BCUT2D eigenvalue weighted by Crippen LogP contribution is 2.26. The molecule has 21 heavy (non-hydrogen) atoms. The predicted octanol–water partition coefficient (Wildman–Crippen LogP) is 4.60. The molecule has 0 atom stereocenters. The quantitative estimate of drug-likeness (QED) is 0.670. The van der Waals surface area contributed by atoms with E-state index in [0.29, 0.717) is 0 Å². The number of nitrogens with zero attached hydrogens (tertiary/aromatic N) is 2. The van der Waals surface area contributed by atoms with E-state index in [2.05, 4.69) is 42.5 Å². The summed E-state index contributed by atoms with van der Waals surface area (Å²) < 4.78 is 15.2. The second kappa shape index (κ2) is 5.17. The summed E-state index contributed by atoms with van der Waals surface area (Å²) in [5.74, 6) is 0.588. The van der Waals surface area contributed by atoms with Gasteiger partial charge in [-0.25, -0.2) is 9.37 Å². The Balaban J connectivity index is 2.18. The van der Waals surface area contributed by atoms with Crippen molar-refractivity contribution in [2.75, 3.05) is 0 Å². The van der Waals surface area contributed by atoms with Gasteiger partial charge in [-0.1, -0.05) is 17.7 Å². The van der Waals surface area contributed by atoms with Crippen molar-refractivity contribution >= 4 is 0 Å². The van der Waals surface area contributed by atoms with Crippen molar-refractivity contribution in [1.82, 2.24) is 9.55 Å². The summed E-state index contributed by atoms with van der Waals surface area (Å²) in [4.78, 5) is 4.44. The molecule has 3 rings (SSSR count). The molecule has 0 amide bonds. The maximum absolute atomic E-state index is 13.1. The van der Waals surface area contributed by atoms with Gasteiger partial charge in [-0.15, -0.1) is 0 Å². The molecule has 1 aromatic heterocycles. The van der Waals surface area contributed by atoms with E-state index in [0.717, 1.165) is 17.1 Å². The molecular weight excluding hydrogens is 263 g/mol. The Hall–Kier alpha value is -2.42. The molecule has 0 aliphatic carbocycles. The zero-order valence-corrected chi connectivity index (χ0v) is 12.4. The van der Waals surface area contributed by atoms with E-state index in [-0.39, 0.29) is 5.82 Å². The molecule has 3 aromatic rings. The van der Waals surface area contributed by atoms with Crippen LogP contribution < -0.4 is 0 Å². The third-order valence-electron chi connectivity index (χ3n) is 3.62. The highest BCUT2D eigenvalue weighted by Gasteiger charge is 2.12. The Kier molecular flexibility index (Phi) is 3.34. The number of hydrogen-bond acceptors (Lipinski definition) is 1. The van der Waals surface area contributed by atoms with E-state index >= 15 is 0 Å². The number of imidazole rings is 1. The number of hydrogen-bond donors (Lipinski definition) is 0. The minimum atomic E-state index is -0.237. The first-order chi connectivity index (χ1) is 10.1. The maximum Gasteiger partial charge on any atom is 0.144 e. The molecule has 0 spiro atoms. The fraction of sp³-hybridized carbons (Fsp3) is 0.167. The lowest BCUT2D eigenvalue weighted by molar-refractivity contribution is 0.628. The van der Waals surface area contributed by atoms with Gasteiger partial charge >= 0.3 is 0 Å². The van der Waals surface area contributed by atoms with E-state index in [4.69, 9.17) is 0 Å². The van der Waals surface area contributed by atoms with Crippen LogP contribution in [0.1, 0.15) is 16.7 Å². The first kappa shape index (κ1) is 13.6. The Labute approximate surface area is 123 Å². The molecule has 0 aliphatic heterocycles. The molecule has 0 saturated heterocycles. The maximum atomic E-state index is 13.1. The van der Waals surface area contributed by atoms with Gasteiger partial charge in [-0.3, -0.25) is 4.57 Å². The van der Waals surface area contributed by atoms with E-state index < -0.39 is 0 Å². The van der Waals surface area contributed by atoms with Crippen LogP contribution in [-0.2, 0) is 0 Å².